The van der Waals surface area contributed by atoms with Crippen LogP contribution in [0.25, 0.3) is 0 Å². The Balaban J connectivity index is 1.87. The fourth-order valence-corrected chi connectivity index (χ4v) is 3.22. The molecule has 0 unspecified atom stereocenters. The Morgan fingerprint density at radius 2 is 1.68 bits per heavy atom. The summed E-state index contributed by atoms with van der Waals surface area (Å²) in [7, 11) is 0. The van der Waals surface area contributed by atoms with Crippen molar-refractivity contribution >= 4 is 23.4 Å². The highest BCUT2D eigenvalue weighted by Gasteiger charge is 2.08. The molecule has 4 heteroatoms. The average molecular weight is 317 g/mol. The minimum absolute atomic E-state index is 0.00432. The lowest BCUT2D eigenvalue weighted by molar-refractivity contribution is -0.115. The molecule has 22 heavy (non-hydrogen) atoms. The zero-order chi connectivity index (χ0) is 16.1. The number of rotatable bonds is 5. The Morgan fingerprint density at radius 3 is 2.27 bits per heavy atom. The smallest absolute Gasteiger partial charge is 0.225 e. The van der Waals surface area contributed by atoms with Crippen LogP contribution in [0.1, 0.15) is 23.1 Å². The van der Waals surface area contributed by atoms with Gasteiger partial charge in [-0.15, -0.1) is 11.8 Å². The van der Waals surface area contributed by atoms with E-state index in [1.165, 1.54) is 17.7 Å². The molecule has 1 amide bonds. The number of halogens is 1. The van der Waals surface area contributed by atoms with Gasteiger partial charge in [-0.25, -0.2) is 4.39 Å². The van der Waals surface area contributed by atoms with Gasteiger partial charge in [0.25, 0.3) is 0 Å². The van der Waals surface area contributed by atoms with E-state index in [0.29, 0.717) is 12.2 Å². The Labute approximate surface area is 135 Å². The first kappa shape index (κ1) is 16.6. The topological polar surface area (TPSA) is 29.1 Å². The van der Waals surface area contributed by atoms with Crippen LogP contribution in [0.15, 0.2) is 41.3 Å². The van der Waals surface area contributed by atoms with Crippen molar-refractivity contribution in [3.63, 3.8) is 0 Å². The molecule has 2 rings (SSSR count). The van der Waals surface area contributed by atoms with Gasteiger partial charge in [-0.2, -0.15) is 0 Å². The van der Waals surface area contributed by atoms with Gasteiger partial charge in [0.1, 0.15) is 5.82 Å². The van der Waals surface area contributed by atoms with Gasteiger partial charge in [0.2, 0.25) is 5.91 Å². The number of carbonyl (C=O) groups excluding carboxylic acids is 1. The number of thioether (sulfide) groups is 1. The number of carbonyl (C=O) groups is 1. The first-order valence-corrected chi connectivity index (χ1v) is 8.20. The Morgan fingerprint density at radius 1 is 1.09 bits per heavy atom. The molecule has 0 heterocycles. The van der Waals surface area contributed by atoms with Crippen molar-refractivity contribution in [3.8, 4) is 0 Å². The number of amides is 1. The summed E-state index contributed by atoms with van der Waals surface area (Å²) in [5.74, 6) is 0.429. The van der Waals surface area contributed by atoms with Crippen molar-refractivity contribution in [1.29, 1.82) is 0 Å². The summed E-state index contributed by atoms with van der Waals surface area (Å²) in [4.78, 5) is 13.0. The van der Waals surface area contributed by atoms with Crippen LogP contribution in [0.4, 0.5) is 10.1 Å². The van der Waals surface area contributed by atoms with Crippen molar-refractivity contribution in [2.45, 2.75) is 32.1 Å². The third-order valence-corrected chi connectivity index (χ3v) is 4.37. The maximum atomic E-state index is 12.8. The van der Waals surface area contributed by atoms with Crippen molar-refractivity contribution in [1.82, 2.24) is 0 Å². The molecule has 0 saturated heterocycles. The molecule has 0 atom stereocenters. The van der Waals surface area contributed by atoms with Gasteiger partial charge in [-0.3, -0.25) is 4.79 Å². The molecule has 1 N–H and O–H groups in total. The fourth-order valence-electron chi connectivity index (χ4n) is 2.37. The molecule has 116 valence electrons. The monoisotopic (exact) mass is 317 g/mol. The van der Waals surface area contributed by atoms with Crippen LogP contribution in [0.5, 0.6) is 0 Å². The van der Waals surface area contributed by atoms with E-state index in [1.807, 2.05) is 20.8 Å². The zero-order valence-corrected chi connectivity index (χ0v) is 13.9. The fraction of sp³-hybridized carbons (Fsp3) is 0.278. The number of nitrogens with one attached hydrogen (secondary N) is 1. The zero-order valence-electron chi connectivity index (χ0n) is 13.1. The maximum absolute atomic E-state index is 12.8. The lowest BCUT2D eigenvalue weighted by Gasteiger charge is -2.12. The average Bonchev–Trinajstić information content (AvgIpc) is 2.45. The molecule has 2 aromatic carbocycles. The minimum atomic E-state index is -0.243. The highest BCUT2D eigenvalue weighted by molar-refractivity contribution is 7.99. The molecule has 0 aliphatic heterocycles. The quantitative estimate of drug-likeness (QED) is 0.797. The van der Waals surface area contributed by atoms with Crippen LogP contribution in [0.2, 0.25) is 0 Å². The van der Waals surface area contributed by atoms with E-state index < -0.39 is 0 Å². The summed E-state index contributed by atoms with van der Waals surface area (Å²) >= 11 is 1.55. The molecular formula is C18H20FNOS. The lowest BCUT2D eigenvalue weighted by Crippen LogP contribution is -2.14. The molecule has 2 aromatic rings. The molecule has 2 nitrogen and oxygen atoms in total. The second-order valence-electron chi connectivity index (χ2n) is 5.37. The predicted octanol–water partition coefficient (Wildman–Crippen LogP) is 4.87. The molecule has 0 saturated carbocycles. The molecular weight excluding hydrogens is 297 g/mol. The first-order chi connectivity index (χ1) is 10.5. The SMILES string of the molecule is Cc1cc(C)c(NC(=O)CCSc2ccc(F)cc2)c(C)c1. The summed E-state index contributed by atoms with van der Waals surface area (Å²) in [5.41, 5.74) is 4.26. The number of anilines is 1. The van der Waals surface area contributed by atoms with E-state index in [-0.39, 0.29) is 11.7 Å². The summed E-state index contributed by atoms with van der Waals surface area (Å²) in [6, 6.07) is 10.5. The van der Waals surface area contributed by atoms with E-state index in [1.54, 1.807) is 23.9 Å². The second kappa shape index (κ2) is 7.45. The van der Waals surface area contributed by atoms with Crippen molar-refractivity contribution in [2.24, 2.45) is 0 Å². The van der Waals surface area contributed by atoms with E-state index in [2.05, 4.69) is 17.4 Å². The van der Waals surface area contributed by atoms with Crippen molar-refractivity contribution in [2.75, 3.05) is 11.1 Å². The maximum Gasteiger partial charge on any atom is 0.225 e. The van der Waals surface area contributed by atoms with E-state index >= 15 is 0 Å². The molecule has 0 spiro atoms. The molecule has 0 aliphatic rings. The number of aryl methyl sites for hydroxylation is 3. The van der Waals surface area contributed by atoms with Crippen LogP contribution in [-0.2, 0) is 4.79 Å². The second-order valence-corrected chi connectivity index (χ2v) is 6.54. The van der Waals surface area contributed by atoms with Crippen LogP contribution in [-0.4, -0.2) is 11.7 Å². The molecule has 0 aliphatic carbocycles. The minimum Gasteiger partial charge on any atom is -0.326 e. The summed E-state index contributed by atoms with van der Waals surface area (Å²) in [5, 5.41) is 2.99. The van der Waals surface area contributed by atoms with Crippen LogP contribution < -0.4 is 5.32 Å². The van der Waals surface area contributed by atoms with E-state index in [9.17, 15) is 9.18 Å². The standard InChI is InChI=1S/C18H20FNOS/c1-12-10-13(2)18(14(3)11-12)20-17(21)8-9-22-16-6-4-15(19)5-7-16/h4-7,10-11H,8-9H2,1-3H3,(H,20,21). The normalized spacial score (nSPS) is 10.5. The van der Waals surface area contributed by atoms with Crippen LogP contribution in [0, 0.1) is 26.6 Å². The van der Waals surface area contributed by atoms with Crippen LogP contribution in [0.3, 0.4) is 0 Å². The van der Waals surface area contributed by atoms with Gasteiger partial charge in [-0.1, -0.05) is 17.7 Å². The van der Waals surface area contributed by atoms with Gasteiger partial charge >= 0.3 is 0 Å². The molecule has 0 aromatic heterocycles. The van der Waals surface area contributed by atoms with Crippen LogP contribution >= 0.6 is 11.8 Å². The van der Waals surface area contributed by atoms with E-state index in [4.69, 9.17) is 0 Å². The van der Waals surface area contributed by atoms with Gasteiger partial charge in [0, 0.05) is 22.8 Å². The molecule has 0 fully saturated rings. The molecule has 0 radical (unpaired) electrons. The number of hydrogen-bond donors (Lipinski definition) is 1. The Kier molecular flexibility index (Phi) is 5.61. The lowest BCUT2D eigenvalue weighted by atomic mass is 10.1. The Hall–Kier alpha value is -1.81. The summed E-state index contributed by atoms with van der Waals surface area (Å²) in [6.07, 6.45) is 0.425. The van der Waals surface area contributed by atoms with Gasteiger partial charge < -0.3 is 5.32 Å². The van der Waals surface area contributed by atoms with Crippen molar-refractivity contribution in [3.05, 3.63) is 58.9 Å². The summed E-state index contributed by atoms with van der Waals surface area (Å²) < 4.78 is 12.8. The van der Waals surface area contributed by atoms with E-state index in [0.717, 1.165) is 21.7 Å². The highest BCUT2D eigenvalue weighted by atomic mass is 32.2. The van der Waals surface area contributed by atoms with Gasteiger partial charge in [0.05, 0.1) is 0 Å². The first-order valence-electron chi connectivity index (χ1n) is 7.22. The highest BCUT2D eigenvalue weighted by Crippen LogP contribution is 2.23. The molecule has 0 bridgehead atoms. The largest absolute Gasteiger partial charge is 0.326 e. The Bertz CT molecular complexity index is 644. The number of benzene rings is 2. The summed E-state index contributed by atoms with van der Waals surface area (Å²) in [6.45, 7) is 6.05. The predicted molar refractivity (Wildman–Crippen MR) is 91.0 cm³/mol. The van der Waals surface area contributed by atoms with Gasteiger partial charge in [0.15, 0.2) is 0 Å². The third-order valence-electron chi connectivity index (χ3n) is 3.35. The van der Waals surface area contributed by atoms with Crippen molar-refractivity contribution < 1.29 is 9.18 Å². The van der Waals surface area contributed by atoms with Gasteiger partial charge in [-0.05, 0) is 56.2 Å². The number of hydrogen-bond acceptors (Lipinski definition) is 2. The third kappa shape index (κ3) is 4.60.